The van der Waals surface area contributed by atoms with Gasteiger partial charge in [-0.15, -0.1) is 0 Å². The smallest absolute Gasteiger partial charge is 0.447 e. The number of hydrogen-bond acceptors (Lipinski definition) is 5. The van der Waals surface area contributed by atoms with Crippen molar-refractivity contribution in [2.24, 2.45) is 17.3 Å². The molecule has 7 nitrogen and oxygen atoms in total. The number of ether oxygens (including phenoxy) is 1. The van der Waals surface area contributed by atoms with Crippen LogP contribution in [0, 0.1) is 17.3 Å². The highest BCUT2D eigenvalue weighted by atomic mass is 16.7. The number of hydrogen-bond donors (Lipinski definition) is 1. The lowest BCUT2D eigenvalue weighted by molar-refractivity contribution is -0.199. The van der Waals surface area contributed by atoms with Crippen LogP contribution in [0.2, 0.25) is 0 Å². The standard InChI is InChI=1S/C27H37BN2O5/c1-5-24(31)30-13-9-12-20(30)17-33-25(32)29-23(14-18-10-7-6-8-11-18)28-34-22-16-19-15-21(26(19,2)3)27(22,4)35-28/h5-8,10-11,19-23H,1,9,12-17H2,2-4H3,(H,29,32)/t19-,20+,21-,22+,23-,27-/m0/s1. The fourth-order valence-electron chi connectivity index (χ4n) is 6.94. The van der Waals surface area contributed by atoms with E-state index >= 15 is 0 Å². The first-order chi connectivity index (χ1) is 16.7. The minimum atomic E-state index is -0.543. The van der Waals surface area contributed by atoms with E-state index in [0.29, 0.717) is 24.8 Å². The molecule has 2 aliphatic heterocycles. The van der Waals surface area contributed by atoms with Gasteiger partial charge >= 0.3 is 13.2 Å². The number of benzene rings is 1. The van der Waals surface area contributed by atoms with Crippen molar-refractivity contribution in [1.82, 2.24) is 10.2 Å². The van der Waals surface area contributed by atoms with Gasteiger partial charge in [-0.05, 0) is 67.9 Å². The predicted octanol–water partition coefficient (Wildman–Crippen LogP) is 3.77. The molecule has 0 spiro atoms. The number of carbonyl (C=O) groups is 2. The van der Waals surface area contributed by atoms with Gasteiger partial charge in [0.15, 0.2) is 0 Å². The molecule has 1 aromatic rings. The first-order valence-electron chi connectivity index (χ1n) is 13.0. The SMILES string of the molecule is C=CC(=O)N1CCC[C@@H]1COC(=O)N[C@@H](Cc1ccccc1)B1O[C@@H]2C[C@@H]3C[C@@H](C3(C)C)[C@]2(C)O1. The fourth-order valence-corrected chi connectivity index (χ4v) is 6.94. The van der Waals surface area contributed by atoms with Crippen molar-refractivity contribution in [3.63, 3.8) is 0 Å². The minimum absolute atomic E-state index is 0.0392. The number of nitrogens with zero attached hydrogens (tertiary/aromatic N) is 1. The third kappa shape index (κ3) is 4.40. The summed E-state index contributed by atoms with van der Waals surface area (Å²) in [6.07, 6.45) is 5.30. The van der Waals surface area contributed by atoms with Crippen LogP contribution in [0.3, 0.4) is 0 Å². The molecule has 3 saturated carbocycles. The van der Waals surface area contributed by atoms with E-state index in [4.69, 9.17) is 14.0 Å². The molecule has 188 valence electrons. The van der Waals surface area contributed by atoms with Crippen molar-refractivity contribution in [1.29, 1.82) is 0 Å². The number of rotatable bonds is 7. The molecule has 3 aliphatic carbocycles. The zero-order valence-corrected chi connectivity index (χ0v) is 21.1. The highest BCUT2D eigenvalue weighted by molar-refractivity contribution is 6.47. The van der Waals surface area contributed by atoms with E-state index in [1.165, 1.54) is 12.5 Å². The summed E-state index contributed by atoms with van der Waals surface area (Å²) < 4.78 is 18.7. The second-order valence-corrected chi connectivity index (χ2v) is 11.4. The van der Waals surface area contributed by atoms with E-state index in [9.17, 15) is 9.59 Å². The molecule has 35 heavy (non-hydrogen) atoms. The molecule has 0 aromatic heterocycles. The Labute approximate surface area is 208 Å². The highest BCUT2D eigenvalue weighted by Gasteiger charge is 2.68. The first-order valence-corrected chi connectivity index (χ1v) is 13.0. The van der Waals surface area contributed by atoms with E-state index in [2.05, 4.69) is 32.7 Å². The second-order valence-electron chi connectivity index (χ2n) is 11.4. The van der Waals surface area contributed by atoms with Crippen molar-refractivity contribution >= 4 is 19.1 Å². The summed E-state index contributed by atoms with van der Waals surface area (Å²) in [6.45, 7) is 11.3. The lowest BCUT2D eigenvalue weighted by Crippen LogP contribution is -2.65. The molecule has 6 atom stereocenters. The van der Waals surface area contributed by atoms with Crippen molar-refractivity contribution in [3.8, 4) is 0 Å². The van der Waals surface area contributed by atoms with E-state index in [-0.39, 0.29) is 41.6 Å². The van der Waals surface area contributed by atoms with Gasteiger partial charge in [-0.3, -0.25) is 4.79 Å². The summed E-state index contributed by atoms with van der Waals surface area (Å²) in [4.78, 5) is 26.7. The zero-order valence-electron chi connectivity index (χ0n) is 21.1. The van der Waals surface area contributed by atoms with Gasteiger partial charge in [-0.1, -0.05) is 50.8 Å². The number of likely N-dealkylation sites (tertiary alicyclic amines) is 1. The second kappa shape index (κ2) is 9.28. The minimum Gasteiger partial charge on any atom is -0.447 e. The molecule has 8 heteroatoms. The molecule has 5 aliphatic rings. The van der Waals surface area contributed by atoms with Gasteiger partial charge in [0.2, 0.25) is 5.91 Å². The molecule has 2 heterocycles. The number of alkyl carbamates (subject to hydrolysis) is 1. The third-order valence-electron chi connectivity index (χ3n) is 9.14. The summed E-state index contributed by atoms with van der Waals surface area (Å²) in [7, 11) is -0.543. The summed E-state index contributed by atoms with van der Waals surface area (Å²) in [6, 6.07) is 9.93. The van der Waals surface area contributed by atoms with Crippen LogP contribution in [-0.4, -0.2) is 60.9 Å². The maximum absolute atomic E-state index is 12.9. The highest BCUT2D eigenvalue weighted by Crippen LogP contribution is 2.65. The topological polar surface area (TPSA) is 77.1 Å². The van der Waals surface area contributed by atoms with Gasteiger partial charge in [0.25, 0.3) is 0 Å². The van der Waals surface area contributed by atoms with E-state index in [1.807, 2.05) is 30.3 Å². The quantitative estimate of drug-likeness (QED) is 0.475. The molecule has 0 radical (unpaired) electrons. The van der Waals surface area contributed by atoms with Gasteiger partial charge in [0.05, 0.1) is 23.7 Å². The Bertz CT molecular complexity index is 972. The number of carbonyl (C=O) groups excluding carboxylic acids is 2. The lowest BCUT2D eigenvalue weighted by Gasteiger charge is -2.64. The molecule has 5 fully saturated rings. The Balaban J connectivity index is 1.26. The van der Waals surface area contributed by atoms with E-state index < -0.39 is 13.2 Å². The molecule has 2 saturated heterocycles. The van der Waals surface area contributed by atoms with Crippen molar-refractivity contribution in [3.05, 3.63) is 48.6 Å². The monoisotopic (exact) mass is 480 g/mol. The van der Waals surface area contributed by atoms with Gasteiger partial charge < -0.3 is 24.3 Å². The van der Waals surface area contributed by atoms with Crippen LogP contribution in [0.25, 0.3) is 0 Å². The molecule has 2 amide bonds. The average Bonchev–Trinajstić information content (AvgIpc) is 3.46. The molecular formula is C27H37BN2O5. The Hall–Kier alpha value is -2.32. The van der Waals surface area contributed by atoms with Crippen LogP contribution in [-0.2, 0) is 25.3 Å². The van der Waals surface area contributed by atoms with Gasteiger partial charge in [-0.2, -0.15) is 0 Å². The average molecular weight is 480 g/mol. The summed E-state index contributed by atoms with van der Waals surface area (Å²) >= 11 is 0. The zero-order chi connectivity index (χ0) is 24.8. The summed E-state index contributed by atoms with van der Waals surface area (Å²) in [5.41, 5.74) is 0.993. The number of nitrogens with one attached hydrogen (secondary N) is 1. The third-order valence-corrected chi connectivity index (χ3v) is 9.14. The molecular weight excluding hydrogens is 443 g/mol. The maximum atomic E-state index is 12.9. The van der Waals surface area contributed by atoms with Crippen molar-refractivity contribution in [2.75, 3.05) is 13.2 Å². The van der Waals surface area contributed by atoms with Gasteiger partial charge in [0, 0.05) is 6.54 Å². The van der Waals surface area contributed by atoms with Crippen LogP contribution in [0.1, 0.15) is 52.0 Å². The number of amides is 2. The van der Waals surface area contributed by atoms with E-state index in [0.717, 1.165) is 24.8 Å². The van der Waals surface area contributed by atoms with Crippen LogP contribution in [0.5, 0.6) is 0 Å². The Morgan fingerprint density at radius 3 is 2.77 bits per heavy atom. The van der Waals surface area contributed by atoms with Crippen molar-refractivity contribution < 1.29 is 23.6 Å². The summed E-state index contributed by atoms with van der Waals surface area (Å²) in [5.74, 6) is 0.598. The van der Waals surface area contributed by atoms with E-state index in [1.54, 1.807) is 4.90 Å². The normalized spacial score (nSPS) is 33.5. The van der Waals surface area contributed by atoms with Gasteiger partial charge in [0.1, 0.15) is 6.61 Å². The van der Waals surface area contributed by atoms with Crippen LogP contribution < -0.4 is 5.32 Å². The Morgan fingerprint density at radius 1 is 1.29 bits per heavy atom. The summed E-state index contributed by atoms with van der Waals surface area (Å²) in [5, 5.41) is 3.03. The predicted molar refractivity (Wildman–Crippen MR) is 133 cm³/mol. The first kappa shape index (κ1) is 24.4. The van der Waals surface area contributed by atoms with Crippen LogP contribution in [0.15, 0.2) is 43.0 Å². The van der Waals surface area contributed by atoms with Crippen LogP contribution in [0.4, 0.5) is 4.79 Å². The Morgan fingerprint density at radius 2 is 2.06 bits per heavy atom. The Kier molecular flexibility index (Phi) is 6.47. The van der Waals surface area contributed by atoms with Crippen LogP contribution >= 0.6 is 0 Å². The molecule has 0 unspecified atom stereocenters. The van der Waals surface area contributed by atoms with Crippen molar-refractivity contribution in [2.45, 2.75) is 76.6 Å². The maximum Gasteiger partial charge on any atom is 0.482 e. The fraction of sp³-hybridized carbons (Fsp3) is 0.630. The molecule has 2 bridgehead atoms. The molecule has 1 aromatic carbocycles. The molecule has 6 rings (SSSR count). The van der Waals surface area contributed by atoms with Gasteiger partial charge in [-0.25, -0.2) is 4.79 Å². The molecule has 1 N–H and O–H groups in total. The lowest BCUT2D eigenvalue weighted by atomic mass is 9.43. The largest absolute Gasteiger partial charge is 0.482 e.